The number of rotatable bonds is 2. The van der Waals surface area contributed by atoms with Crippen LogP contribution in [0.2, 0.25) is 0 Å². The van der Waals surface area contributed by atoms with Crippen LogP contribution in [0.5, 0.6) is 0 Å². The molecule has 2 atom stereocenters. The van der Waals surface area contributed by atoms with Gasteiger partial charge in [0, 0.05) is 26.2 Å². The monoisotopic (exact) mass is 289 g/mol. The Morgan fingerprint density at radius 2 is 2.00 bits per heavy atom. The summed E-state index contributed by atoms with van der Waals surface area (Å²) in [5.74, 6) is 0.189. The third-order valence-corrected chi connectivity index (χ3v) is 4.04. The maximum Gasteiger partial charge on any atom is 0.242 e. The first-order chi connectivity index (χ1) is 10.1. The summed E-state index contributed by atoms with van der Waals surface area (Å²) in [6, 6.07) is 8.16. The molecule has 5 nitrogen and oxygen atoms in total. The molecule has 21 heavy (non-hydrogen) atoms. The summed E-state index contributed by atoms with van der Waals surface area (Å²) in [6.45, 7) is 7.61. The number of amides is 1. The van der Waals surface area contributed by atoms with Crippen molar-refractivity contribution in [3.8, 4) is 0 Å². The second-order valence-corrected chi connectivity index (χ2v) is 5.92. The van der Waals surface area contributed by atoms with Crippen LogP contribution in [0.4, 0.5) is 11.4 Å². The molecule has 2 unspecified atom stereocenters. The number of anilines is 2. The van der Waals surface area contributed by atoms with Crippen molar-refractivity contribution in [1.29, 1.82) is 0 Å². The Hall–Kier alpha value is -1.75. The molecule has 1 fully saturated rings. The average Bonchev–Trinajstić information content (AvgIpc) is 2.46. The van der Waals surface area contributed by atoms with Gasteiger partial charge in [-0.3, -0.25) is 4.79 Å². The van der Waals surface area contributed by atoms with E-state index in [1.54, 1.807) is 0 Å². The predicted octanol–water partition coefficient (Wildman–Crippen LogP) is 1.55. The topological polar surface area (TPSA) is 44.8 Å². The summed E-state index contributed by atoms with van der Waals surface area (Å²) >= 11 is 0. The lowest BCUT2D eigenvalue weighted by molar-refractivity contribution is -0.141. The van der Waals surface area contributed by atoms with Crippen molar-refractivity contribution in [2.24, 2.45) is 0 Å². The highest BCUT2D eigenvalue weighted by Gasteiger charge is 2.27. The number of carbonyl (C=O) groups is 1. The van der Waals surface area contributed by atoms with Crippen LogP contribution < -0.4 is 10.2 Å². The van der Waals surface area contributed by atoms with Crippen molar-refractivity contribution in [2.75, 3.05) is 42.9 Å². The van der Waals surface area contributed by atoms with Crippen molar-refractivity contribution in [2.45, 2.75) is 26.1 Å². The van der Waals surface area contributed by atoms with E-state index in [1.165, 1.54) is 0 Å². The zero-order valence-corrected chi connectivity index (χ0v) is 12.7. The van der Waals surface area contributed by atoms with Crippen LogP contribution in [0.1, 0.15) is 13.8 Å². The van der Waals surface area contributed by atoms with Crippen LogP contribution in [0.3, 0.4) is 0 Å². The molecule has 1 aromatic rings. The first-order valence-corrected chi connectivity index (χ1v) is 7.64. The molecule has 2 aliphatic rings. The van der Waals surface area contributed by atoms with Gasteiger partial charge in [-0.25, -0.2) is 0 Å². The number of ether oxygens (including phenoxy) is 1. The van der Waals surface area contributed by atoms with E-state index < -0.39 is 0 Å². The lowest BCUT2D eigenvalue weighted by Crippen LogP contribution is -2.51. The molecule has 0 bridgehead atoms. The molecule has 0 spiro atoms. The molecule has 5 heteroatoms. The van der Waals surface area contributed by atoms with Crippen LogP contribution in [-0.2, 0) is 9.53 Å². The minimum Gasteiger partial charge on any atom is -0.382 e. The third kappa shape index (κ3) is 3.13. The molecule has 1 aromatic carbocycles. The van der Waals surface area contributed by atoms with Crippen LogP contribution in [-0.4, -0.2) is 55.7 Å². The Balaban J connectivity index is 1.68. The first kappa shape index (κ1) is 14.2. The number of hydrogen-bond acceptors (Lipinski definition) is 4. The summed E-state index contributed by atoms with van der Waals surface area (Å²) in [5.41, 5.74) is 2.23. The van der Waals surface area contributed by atoms with Crippen LogP contribution in [0, 0.1) is 0 Å². The van der Waals surface area contributed by atoms with Gasteiger partial charge in [-0.2, -0.15) is 0 Å². The highest BCUT2D eigenvalue weighted by Crippen LogP contribution is 2.28. The SMILES string of the molecule is CC1CN(C(=O)CN2CCNc3ccccc32)CC(C)O1. The van der Waals surface area contributed by atoms with Gasteiger partial charge in [0.25, 0.3) is 0 Å². The van der Waals surface area contributed by atoms with Gasteiger partial charge in [0.15, 0.2) is 0 Å². The minimum absolute atomic E-state index is 0.119. The maximum atomic E-state index is 12.6. The number of para-hydroxylation sites is 2. The van der Waals surface area contributed by atoms with E-state index in [0.29, 0.717) is 19.6 Å². The number of morpholine rings is 1. The van der Waals surface area contributed by atoms with Crippen molar-refractivity contribution in [1.82, 2.24) is 4.90 Å². The highest BCUT2D eigenvalue weighted by molar-refractivity contribution is 5.84. The summed E-state index contributed by atoms with van der Waals surface area (Å²) in [6.07, 6.45) is 0.237. The van der Waals surface area contributed by atoms with Gasteiger partial charge in [0.2, 0.25) is 5.91 Å². The number of carbonyl (C=O) groups excluding carboxylic acids is 1. The predicted molar refractivity (Wildman–Crippen MR) is 83.7 cm³/mol. The smallest absolute Gasteiger partial charge is 0.242 e. The summed E-state index contributed by atoms with van der Waals surface area (Å²) in [7, 11) is 0. The molecule has 1 saturated heterocycles. The lowest BCUT2D eigenvalue weighted by atomic mass is 10.2. The van der Waals surface area contributed by atoms with Crippen molar-refractivity contribution in [3.63, 3.8) is 0 Å². The minimum atomic E-state index is 0.119. The van der Waals surface area contributed by atoms with Crippen LogP contribution >= 0.6 is 0 Å². The zero-order valence-electron chi connectivity index (χ0n) is 12.7. The van der Waals surface area contributed by atoms with Gasteiger partial charge < -0.3 is 19.9 Å². The quantitative estimate of drug-likeness (QED) is 0.897. The van der Waals surface area contributed by atoms with Gasteiger partial charge in [-0.05, 0) is 26.0 Å². The molecule has 0 aromatic heterocycles. The van der Waals surface area contributed by atoms with E-state index in [4.69, 9.17) is 4.74 Å². The molecule has 2 heterocycles. The maximum absolute atomic E-state index is 12.6. The second kappa shape index (κ2) is 5.93. The first-order valence-electron chi connectivity index (χ1n) is 7.64. The Kier molecular flexibility index (Phi) is 4.01. The Morgan fingerprint density at radius 1 is 1.29 bits per heavy atom. The Morgan fingerprint density at radius 3 is 2.76 bits per heavy atom. The number of nitrogens with zero attached hydrogens (tertiary/aromatic N) is 2. The Bertz CT molecular complexity index is 510. The number of hydrogen-bond donors (Lipinski definition) is 1. The zero-order chi connectivity index (χ0) is 14.8. The summed E-state index contributed by atoms with van der Waals surface area (Å²) in [5, 5.41) is 3.37. The van der Waals surface area contributed by atoms with Crippen LogP contribution in [0.15, 0.2) is 24.3 Å². The summed E-state index contributed by atoms with van der Waals surface area (Å²) in [4.78, 5) is 16.7. The van der Waals surface area contributed by atoms with E-state index in [1.807, 2.05) is 30.9 Å². The molecule has 2 aliphatic heterocycles. The van der Waals surface area contributed by atoms with E-state index in [-0.39, 0.29) is 18.1 Å². The largest absolute Gasteiger partial charge is 0.382 e. The Labute approximate surface area is 125 Å². The molecule has 0 radical (unpaired) electrons. The average molecular weight is 289 g/mol. The standard InChI is InChI=1S/C16H23N3O2/c1-12-9-19(10-13(2)21-12)16(20)11-18-8-7-17-14-5-3-4-6-15(14)18/h3-6,12-13,17H,7-11H2,1-2H3. The van der Waals surface area contributed by atoms with Crippen LogP contribution in [0.25, 0.3) is 0 Å². The van der Waals surface area contributed by atoms with Gasteiger partial charge >= 0.3 is 0 Å². The van der Waals surface area contributed by atoms with E-state index >= 15 is 0 Å². The van der Waals surface area contributed by atoms with E-state index in [9.17, 15) is 4.79 Å². The number of benzene rings is 1. The van der Waals surface area contributed by atoms with Gasteiger partial charge in [-0.15, -0.1) is 0 Å². The lowest BCUT2D eigenvalue weighted by Gasteiger charge is -2.38. The molecule has 1 N–H and O–H groups in total. The van der Waals surface area contributed by atoms with Crippen molar-refractivity contribution in [3.05, 3.63) is 24.3 Å². The van der Waals surface area contributed by atoms with Crippen molar-refractivity contribution < 1.29 is 9.53 Å². The molecule has 0 aliphatic carbocycles. The molecule has 3 rings (SSSR count). The summed E-state index contributed by atoms with van der Waals surface area (Å²) < 4.78 is 5.70. The number of fused-ring (bicyclic) bond motifs is 1. The normalized spacial score (nSPS) is 25.2. The van der Waals surface area contributed by atoms with Crippen molar-refractivity contribution >= 4 is 17.3 Å². The molecule has 114 valence electrons. The molecule has 0 saturated carbocycles. The highest BCUT2D eigenvalue weighted by atomic mass is 16.5. The molecular weight excluding hydrogens is 266 g/mol. The van der Waals surface area contributed by atoms with E-state index in [0.717, 1.165) is 24.5 Å². The second-order valence-electron chi connectivity index (χ2n) is 5.92. The van der Waals surface area contributed by atoms with Gasteiger partial charge in [-0.1, -0.05) is 12.1 Å². The fourth-order valence-electron chi connectivity index (χ4n) is 3.15. The van der Waals surface area contributed by atoms with Gasteiger partial charge in [0.05, 0.1) is 30.1 Å². The fraction of sp³-hybridized carbons (Fsp3) is 0.562. The molecule has 1 amide bonds. The molecular formula is C16H23N3O2. The fourth-order valence-corrected chi connectivity index (χ4v) is 3.15. The van der Waals surface area contributed by atoms with Gasteiger partial charge in [0.1, 0.15) is 0 Å². The van der Waals surface area contributed by atoms with E-state index in [2.05, 4.69) is 22.3 Å². The third-order valence-electron chi connectivity index (χ3n) is 4.04. The number of nitrogens with one attached hydrogen (secondary N) is 1.